The third-order valence-corrected chi connectivity index (χ3v) is 2.35. The van der Waals surface area contributed by atoms with Crippen molar-refractivity contribution in [2.75, 3.05) is 6.54 Å². The lowest BCUT2D eigenvalue weighted by Crippen LogP contribution is -2.36. The SMILES string of the molecule is CC(C)NCC(O)Cn1cc([N+](=O)[O-])ccc1=O. The zero-order chi connectivity index (χ0) is 13.7. The van der Waals surface area contributed by atoms with E-state index in [0.717, 1.165) is 22.9 Å². The molecule has 0 spiro atoms. The maximum atomic E-state index is 11.5. The van der Waals surface area contributed by atoms with Crippen molar-refractivity contribution in [3.8, 4) is 0 Å². The van der Waals surface area contributed by atoms with Crippen LogP contribution in [0.25, 0.3) is 0 Å². The summed E-state index contributed by atoms with van der Waals surface area (Å²) in [5.41, 5.74) is -0.539. The standard InChI is InChI=1S/C11H17N3O4/c1-8(2)12-5-10(15)7-13-6-9(14(17)18)3-4-11(13)16/h3-4,6,8,10,12,15H,5,7H2,1-2H3. The second-order valence-electron chi connectivity index (χ2n) is 4.35. The molecule has 1 rings (SSSR count). The molecule has 18 heavy (non-hydrogen) atoms. The second kappa shape index (κ2) is 6.27. The first-order valence-electron chi connectivity index (χ1n) is 5.66. The molecule has 7 heteroatoms. The van der Waals surface area contributed by atoms with Gasteiger partial charge in [-0.1, -0.05) is 13.8 Å². The van der Waals surface area contributed by atoms with Gasteiger partial charge in [-0.25, -0.2) is 0 Å². The number of aliphatic hydroxyl groups is 1. The average molecular weight is 255 g/mol. The first-order chi connectivity index (χ1) is 8.40. The molecule has 0 aliphatic heterocycles. The van der Waals surface area contributed by atoms with E-state index in [-0.39, 0.29) is 23.8 Å². The van der Waals surface area contributed by atoms with Crippen molar-refractivity contribution in [3.63, 3.8) is 0 Å². The number of nitrogens with zero attached hydrogens (tertiary/aromatic N) is 2. The number of nitro groups is 1. The Morgan fingerprint density at radius 3 is 2.72 bits per heavy atom. The van der Waals surface area contributed by atoms with Gasteiger partial charge in [0.1, 0.15) is 0 Å². The van der Waals surface area contributed by atoms with E-state index in [9.17, 15) is 20.0 Å². The number of nitrogens with one attached hydrogen (secondary N) is 1. The molecule has 100 valence electrons. The van der Waals surface area contributed by atoms with Crippen LogP contribution in [0.1, 0.15) is 13.8 Å². The van der Waals surface area contributed by atoms with Crippen LogP contribution in [0.2, 0.25) is 0 Å². The third-order valence-electron chi connectivity index (χ3n) is 2.35. The van der Waals surface area contributed by atoms with Crippen LogP contribution in [0.15, 0.2) is 23.1 Å². The average Bonchev–Trinajstić information content (AvgIpc) is 2.29. The molecule has 1 aromatic rings. The van der Waals surface area contributed by atoms with Crippen molar-refractivity contribution in [3.05, 3.63) is 38.8 Å². The van der Waals surface area contributed by atoms with E-state index in [1.807, 2.05) is 13.8 Å². The third kappa shape index (κ3) is 4.27. The highest BCUT2D eigenvalue weighted by molar-refractivity contribution is 5.24. The minimum atomic E-state index is -0.771. The van der Waals surface area contributed by atoms with Crippen LogP contribution in [0.4, 0.5) is 5.69 Å². The van der Waals surface area contributed by atoms with Crippen molar-refractivity contribution in [1.82, 2.24) is 9.88 Å². The maximum Gasteiger partial charge on any atom is 0.285 e. The summed E-state index contributed by atoms with van der Waals surface area (Å²) >= 11 is 0. The highest BCUT2D eigenvalue weighted by atomic mass is 16.6. The minimum Gasteiger partial charge on any atom is -0.390 e. The molecule has 2 N–H and O–H groups in total. The van der Waals surface area contributed by atoms with E-state index in [1.165, 1.54) is 0 Å². The summed E-state index contributed by atoms with van der Waals surface area (Å²) < 4.78 is 1.14. The first-order valence-corrected chi connectivity index (χ1v) is 5.66. The molecule has 0 amide bonds. The molecule has 1 atom stereocenters. The van der Waals surface area contributed by atoms with Gasteiger partial charge >= 0.3 is 0 Å². The van der Waals surface area contributed by atoms with E-state index >= 15 is 0 Å². The Bertz CT molecular complexity index is 470. The monoisotopic (exact) mass is 255 g/mol. The summed E-state index contributed by atoms with van der Waals surface area (Å²) in [4.78, 5) is 21.5. The summed E-state index contributed by atoms with van der Waals surface area (Å²) in [5.74, 6) is 0. The van der Waals surface area contributed by atoms with Gasteiger partial charge in [-0.15, -0.1) is 0 Å². The van der Waals surface area contributed by atoms with Gasteiger partial charge in [0.05, 0.1) is 23.8 Å². The highest BCUT2D eigenvalue weighted by Crippen LogP contribution is 2.06. The smallest absolute Gasteiger partial charge is 0.285 e. The van der Waals surface area contributed by atoms with Crippen LogP contribution in [0.3, 0.4) is 0 Å². The second-order valence-corrected chi connectivity index (χ2v) is 4.35. The number of hydrogen-bond donors (Lipinski definition) is 2. The van der Waals surface area contributed by atoms with Gasteiger partial charge in [-0.05, 0) is 0 Å². The molecule has 1 heterocycles. The van der Waals surface area contributed by atoms with Crippen molar-refractivity contribution < 1.29 is 10.0 Å². The topological polar surface area (TPSA) is 97.4 Å². The van der Waals surface area contributed by atoms with Crippen molar-refractivity contribution in [2.24, 2.45) is 0 Å². The van der Waals surface area contributed by atoms with Gasteiger partial charge in [0.15, 0.2) is 0 Å². The van der Waals surface area contributed by atoms with Gasteiger partial charge in [0.25, 0.3) is 11.2 Å². The summed E-state index contributed by atoms with van der Waals surface area (Å²) in [6, 6.07) is 2.50. The normalized spacial score (nSPS) is 12.7. The maximum absolute atomic E-state index is 11.5. The quantitative estimate of drug-likeness (QED) is 0.555. The lowest BCUT2D eigenvalue weighted by atomic mass is 10.3. The van der Waals surface area contributed by atoms with E-state index in [2.05, 4.69) is 5.32 Å². The number of hydrogen-bond acceptors (Lipinski definition) is 5. The molecular formula is C11H17N3O4. The summed E-state index contributed by atoms with van der Waals surface area (Å²) in [6.45, 7) is 4.23. The van der Waals surface area contributed by atoms with Gasteiger partial charge in [0.2, 0.25) is 0 Å². The Hall–Kier alpha value is -1.73. The Morgan fingerprint density at radius 2 is 2.17 bits per heavy atom. The fourth-order valence-electron chi connectivity index (χ4n) is 1.43. The molecule has 7 nitrogen and oxygen atoms in total. The molecular weight excluding hydrogens is 238 g/mol. The van der Waals surface area contributed by atoms with Crippen molar-refractivity contribution >= 4 is 5.69 Å². The van der Waals surface area contributed by atoms with Crippen molar-refractivity contribution in [2.45, 2.75) is 32.5 Å². The molecule has 0 saturated heterocycles. The van der Waals surface area contributed by atoms with Gasteiger partial charge in [0, 0.05) is 24.7 Å². The zero-order valence-corrected chi connectivity index (χ0v) is 10.4. The van der Waals surface area contributed by atoms with Gasteiger partial charge < -0.3 is 15.0 Å². The number of pyridine rings is 1. The van der Waals surface area contributed by atoms with Crippen LogP contribution < -0.4 is 10.9 Å². The van der Waals surface area contributed by atoms with E-state index in [1.54, 1.807) is 0 Å². The predicted molar refractivity (Wildman–Crippen MR) is 66.5 cm³/mol. The lowest BCUT2D eigenvalue weighted by molar-refractivity contribution is -0.385. The molecule has 1 aromatic heterocycles. The molecule has 0 aromatic carbocycles. The Morgan fingerprint density at radius 1 is 1.50 bits per heavy atom. The summed E-state index contributed by atoms with van der Waals surface area (Å²) in [7, 11) is 0. The Kier molecular flexibility index (Phi) is 4.99. The van der Waals surface area contributed by atoms with Crippen LogP contribution in [-0.2, 0) is 6.54 Å². The summed E-state index contributed by atoms with van der Waals surface area (Å²) in [5, 5.41) is 23.3. The van der Waals surface area contributed by atoms with Crippen LogP contribution in [-0.4, -0.2) is 33.3 Å². The number of aliphatic hydroxyl groups excluding tert-OH is 1. The zero-order valence-electron chi connectivity index (χ0n) is 10.4. The molecule has 0 aliphatic carbocycles. The fourth-order valence-corrected chi connectivity index (χ4v) is 1.43. The van der Waals surface area contributed by atoms with E-state index in [0.29, 0.717) is 6.54 Å². The molecule has 0 radical (unpaired) electrons. The first kappa shape index (κ1) is 14.3. The molecule has 0 bridgehead atoms. The van der Waals surface area contributed by atoms with Crippen LogP contribution in [0, 0.1) is 10.1 Å². The predicted octanol–water partition coefficient (Wildman–Crippen LogP) is 0.115. The molecule has 0 saturated carbocycles. The largest absolute Gasteiger partial charge is 0.390 e. The van der Waals surface area contributed by atoms with Crippen molar-refractivity contribution in [1.29, 1.82) is 0 Å². The summed E-state index contributed by atoms with van der Waals surface area (Å²) in [6.07, 6.45) is 0.369. The van der Waals surface area contributed by atoms with Crippen LogP contribution in [0.5, 0.6) is 0 Å². The van der Waals surface area contributed by atoms with E-state index < -0.39 is 11.0 Å². The van der Waals surface area contributed by atoms with Gasteiger partial charge in [-0.3, -0.25) is 14.9 Å². The number of aromatic nitrogens is 1. The lowest BCUT2D eigenvalue weighted by Gasteiger charge is -2.15. The Balaban J connectivity index is 2.74. The van der Waals surface area contributed by atoms with Crippen LogP contribution >= 0.6 is 0 Å². The molecule has 0 fully saturated rings. The highest BCUT2D eigenvalue weighted by Gasteiger charge is 2.11. The van der Waals surface area contributed by atoms with Gasteiger partial charge in [-0.2, -0.15) is 0 Å². The molecule has 0 aliphatic rings. The minimum absolute atomic E-state index is 0.0280. The molecule has 1 unspecified atom stereocenters. The Labute approximate surface area is 104 Å². The fraction of sp³-hybridized carbons (Fsp3) is 0.545. The number of rotatable bonds is 6. The van der Waals surface area contributed by atoms with E-state index in [4.69, 9.17) is 0 Å².